The highest BCUT2D eigenvalue weighted by Crippen LogP contribution is 2.29. The molecule has 0 aliphatic carbocycles. The van der Waals surface area contributed by atoms with Gasteiger partial charge in [-0.1, -0.05) is 29.3 Å². The summed E-state index contributed by atoms with van der Waals surface area (Å²) < 4.78 is 5.25. The zero-order valence-corrected chi connectivity index (χ0v) is 9.73. The highest BCUT2D eigenvalue weighted by Gasteiger charge is 2.10. The van der Waals surface area contributed by atoms with E-state index in [1.807, 2.05) is 19.1 Å². The van der Waals surface area contributed by atoms with E-state index in [0.717, 1.165) is 5.56 Å². The van der Waals surface area contributed by atoms with Gasteiger partial charge in [0.2, 0.25) is 0 Å². The number of fused-ring (bicyclic) bond motifs is 1. The number of halogens is 2. The fraction of sp³-hybridized carbons (Fsp3) is 0.200. The zero-order valence-electron chi connectivity index (χ0n) is 8.21. The second kappa shape index (κ2) is 3.83. The van der Waals surface area contributed by atoms with Gasteiger partial charge >= 0.3 is 0 Å². The number of rotatable bonds is 1. The van der Waals surface area contributed by atoms with Crippen LogP contribution in [0.25, 0.3) is 11.0 Å². The van der Waals surface area contributed by atoms with Crippen molar-refractivity contribution in [3.05, 3.63) is 28.0 Å². The minimum atomic E-state index is 0.188. The van der Waals surface area contributed by atoms with Gasteiger partial charge in [0.25, 0.3) is 0 Å². The van der Waals surface area contributed by atoms with Crippen molar-refractivity contribution >= 4 is 34.2 Å². The van der Waals surface area contributed by atoms with Crippen LogP contribution >= 0.6 is 23.2 Å². The third kappa shape index (κ3) is 1.73. The van der Waals surface area contributed by atoms with Crippen molar-refractivity contribution in [1.29, 1.82) is 0 Å². The number of ether oxygens (including phenoxy) is 1. The van der Waals surface area contributed by atoms with E-state index in [0.29, 0.717) is 16.8 Å². The molecule has 0 unspecified atom stereocenters. The van der Waals surface area contributed by atoms with E-state index in [2.05, 4.69) is 9.97 Å². The first kappa shape index (κ1) is 10.5. The van der Waals surface area contributed by atoms with E-state index in [-0.39, 0.29) is 10.3 Å². The molecule has 2 aromatic rings. The van der Waals surface area contributed by atoms with Gasteiger partial charge in [0.1, 0.15) is 11.3 Å². The molecule has 2 rings (SSSR count). The molecule has 78 valence electrons. The summed E-state index contributed by atoms with van der Waals surface area (Å²) in [4.78, 5) is 8.27. The maximum absolute atomic E-state index is 5.81. The lowest BCUT2D eigenvalue weighted by atomic mass is 10.2. The van der Waals surface area contributed by atoms with Gasteiger partial charge in [-0.15, -0.1) is 0 Å². The molecule has 0 radical (unpaired) electrons. The second-order valence-corrected chi connectivity index (χ2v) is 3.80. The Morgan fingerprint density at radius 2 is 1.80 bits per heavy atom. The van der Waals surface area contributed by atoms with Gasteiger partial charge in [-0.05, 0) is 18.6 Å². The monoisotopic (exact) mass is 242 g/mol. The lowest BCUT2D eigenvalue weighted by Crippen LogP contribution is -1.93. The summed E-state index contributed by atoms with van der Waals surface area (Å²) >= 11 is 11.6. The molecule has 0 bridgehead atoms. The van der Waals surface area contributed by atoms with Crippen LogP contribution in [0.1, 0.15) is 5.56 Å². The Balaban J connectivity index is 2.86. The Hall–Kier alpha value is -1.06. The van der Waals surface area contributed by atoms with Crippen LogP contribution in [0.3, 0.4) is 0 Å². The summed E-state index contributed by atoms with van der Waals surface area (Å²) in [6.07, 6.45) is 0. The van der Waals surface area contributed by atoms with E-state index in [1.165, 1.54) is 0 Å². The average molecular weight is 243 g/mol. The molecule has 0 fully saturated rings. The summed E-state index contributed by atoms with van der Waals surface area (Å²) in [7, 11) is 1.59. The fourth-order valence-electron chi connectivity index (χ4n) is 1.41. The number of hydrogen-bond donors (Lipinski definition) is 0. The molecular formula is C10H8Cl2N2O. The smallest absolute Gasteiger partial charge is 0.167 e. The Morgan fingerprint density at radius 1 is 1.13 bits per heavy atom. The van der Waals surface area contributed by atoms with E-state index >= 15 is 0 Å². The first-order valence-corrected chi connectivity index (χ1v) is 5.05. The summed E-state index contributed by atoms with van der Waals surface area (Å²) in [6, 6.07) is 3.74. The molecule has 0 aliphatic heterocycles. The lowest BCUT2D eigenvalue weighted by Gasteiger charge is -2.07. The normalized spacial score (nSPS) is 10.7. The Labute approximate surface area is 97.0 Å². The van der Waals surface area contributed by atoms with Crippen LogP contribution in [-0.2, 0) is 0 Å². The van der Waals surface area contributed by atoms with Crippen molar-refractivity contribution in [3.63, 3.8) is 0 Å². The predicted molar refractivity (Wildman–Crippen MR) is 60.8 cm³/mol. The zero-order chi connectivity index (χ0) is 11.0. The van der Waals surface area contributed by atoms with Crippen LogP contribution in [0, 0.1) is 6.92 Å². The molecular weight excluding hydrogens is 235 g/mol. The molecule has 3 nitrogen and oxygen atoms in total. The first-order valence-electron chi connectivity index (χ1n) is 4.30. The molecule has 1 aromatic heterocycles. The molecule has 5 heteroatoms. The van der Waals surface area contributed by atoms with Crippen LogP contribution in [0.4, 0.5) is 0 Å². The minimum Gasteiger partial charge on any atom is -0.494 e. The van der Waals surface area contributed by atoms with Crippen molar-refractivity contribution in [2.24, 2.45) is 0 Å². The van der Waals surface area contributed by atoms with E-state index < -0.39 is 0 Å². The summed E-state index contributed by atoms with van der Waals surface area (Å²) in [6.45, 7) is 1.93. The largest absolute Gasteiger partial charge is 0.494 e. The van der Waals surface area contributed by atoms with Crippen molar-refractivity contribution in [1.82, 2.24) is 9.97 Å². The van der Waals surface area contributed by atoms with Crippen LogP contribution in [0.2, 0.25) is 10.3 Å². The molecule has 0 saturated carbocycles. The molecule has 1 aromatic carbocycles. The quantitative estimate of drug-likeness (QED) is 0.771. The molecule has 1 heterocycles. The Bertz CT molecular complexity index is 528. The van der Waals surface area contributed by atoms with Crippen LogP contribution in [0.15, 0.2) is 12.1 Å². The Morgan fingerprint density at radius 3 is 2.47 bits per heavy atom. The highest BCUT2D eigenvalue weighted by atomic mass is 35.5. The van der Waals surface area contributed by atoms with Gasteiger partial charge < -0.3 is 4.74 Å². The van der Waals surface area contributed by atoms with Crippen LogP contribution in [-0.4, -0.2) is 17.1 Å². The van der Waals surface area contributed by atoms with Gasteiger partial charge in [-0.2, -0.15) is 0 Å². The third-order valence-corrected chi connectivity index (χ3v) is 2.73. The van der Waals surface area contributed by atoms with Gasteiger partial charge in [-0.3, -0.25) is 0 Å². The molecule has 0 aliphatic rings. The minimum absolute atomic E-state index is 0.188. The number of nitrogens with zero attached hydrogens (tertiary/aromatic N) is 2. The van der Waals surface area contributed by atoms with Gasteiger partial charge in [-0.25, -0.2) is 9.97 Å². The standard InChI is InChI=1S/C10H8Cl2N2O/c1-5-3-4-6-7(8(5)15-2)14-10(12)9(11)13-6/h3-4H,1-2H3. The highest BCUT2D eigenvalue weighted by molar-refractivity contribution is 6.40. The van der Waals surface area contributed by atoms with Gasteiger partial charge in [0.15, 0.2) is 10.3 Å². The number of aromatic nitrogens is 2. The van der Waals surface area contributed by atoms with Crippen molar-refractivity contribution in [2.75, 3.05) is 7.11 Å². The fourth-order valence-corrected chi connectivity index (χ4v) is 1.67. The van der Waals surface area contributed by atoms with E-state index in [1.54, 1.807) is 7.11 Å². The maximum atomic E-state index is 5.81. The van der Waals surface area contributed by atoms with Crippen molar-refractivity contribution < 1.29 is 4.74 Å². The molecule has 0 spiro atoms. The lowest BCUT2D eigenvalue weighted by molar-refractivity contribution is 0.416. The van der Waals surface area contributed by atoms with E-state index in [9.17, 15) is 0 Å². The molecule has 0 N–H and O–H groups in total. The SMILES string of the molecule is COc1c(C)ccc2nc(Cl)c(Cl)nc12. The summed E-state index contributed by atoms with van der Waals surface area (Å²) in [5, 5.41) is 0.392. The maximum Gasteiger partial charge on any atom is 0.167 e. The Kier molecular flexibility index (Phi) is 2.67. The predicted octanol–water partition coefficient (Wildman–Crippen LogP) is 3.25. The number of benzene rings is 1. The topological polar surface area (TPSA) is 35.0 Å². The summed E-state index contributed by atoms with van der Waals surface area (Å²) in [5.41, 5.74) is 2.29. The number of methoxy groups -OCH3 is 1. The van der Waals surface area contributed by atoms with Crippen molar-refractivity contribution in [3.8, 4) is 5.75 Å². The average Bonchev–Trinajstić information content (AvgIpc) is 2.21. The number of aryl methyl sites for hydroxylation is 1. The first-order chi connectivity index (χ1) is 7.13. The molecule has 0 atom stereocenters. The van der Waals surface area contributed by atoms with Gasteiger partial charge in [0.05, 0.1) is 12.6 Å². The molecule has 0 amide bonds. The van der Waals surface area contributed by atoms with Crippen molar-refractivity contribution in [2.45, 2.75) is 6.92 Å². The molecule has 0 saturated heterocycles. The number of hydrogen-bond acceptors (Lipinski definition) is 3. The van der Waals surface area contributed by atoms with Crippen LogP contribution < -0.4 is 4.74 Å². The van der Waals surface area contributed by atoms with Gasteiger partial charge in [0, 0.05) is 0 Å². The van der Waals surface area contributed by atoms with Crippen LogP contribution in [0.5, 0.6) is 5.75 Å². The van der Waals surface area contributed by atoms with E-state index in [4.69, 9.17) is 27.9 Å². The summed E-state index contributed by atoms with van der Waals surface area (Å²) in [5.74, 6) is 0.679. The second-order valence-electron chi connectivity index (χ2n) is 3.09. The molecule has 15 heavy (non-hydrogen) atoms. The third-order valence-electron chi connectivity index (χ3n) is 2.11.